The summed E-state index contributed by atoms with van der Waals surface area (Å²) >= 11 is 0. The summed E-state index contributed by atoms with van der Waals surface area (Å²) in [5, 5.41) is 9.42. The van der Waals surface area contributed by atoms with Crippen molar-refractivity contribution in [3.63, 3.8) is 0 Å². The zero-order chi connectivity index (χ0) is 22.9. The van der Waals surface area contributed by atoms with Crippen molar-refractivity contribution in [3.8, 4) is 5.75 Å². The summed E-state index contributed by atoms with van der Waals surface area (Å²) in [5.74, 6) is 0.347. The summed E-state index contributed by atoms with van der Waals surface area (Å²) in [5.41, 5.74) is 10.4. The molecule has 3 heteroatoms. The molecule has 0 atom stereocenters. The molecule has 0 aromatic heterocycles. The lowest BCUT2D eigenvalue weighted by molar-refractivity contribution is 0.379. The van der Waals surface area contributed by atoms with Crippen LogP contribution in [0.25, 0.3) is 0 Å². The highest BCUT2D eigenvalue weighted by Crippen LogP contribution is 2.25. The van der Waals surface area contributed by atoms with Crippen molar-refractivity contribution in [3.05, 3.63) is 41.2 Å². The molecule has 1 fully saturated rings. The van der Waals surface area contributed by atoms with Crippen molar-refractivity contribution in [2.24, 2.45) is 5.73 Å². The molecule has 3 N–H and O–H groups in total. The predicted octanol–water partition coefficient (Wildman–Crippen LogP) is 8.07. The standard InChI is InChI=1S/C29H50N2O/c1-2-3-4-5-6-7-8-9-10-11-12-13-14-18-28(30)29-19-16-25-31(29)24-15-17-26-20-22-27(32)23-21-26/h20-23,32H,2-19,24-25,30H2,1H3/b29-28-. The quantitative estimate of drug-likeness (QED) is 0.226. The number of likely N-dealkylation sites (tertiary alicyclic amines) is 1. The zero-order valence-corrected chi connectivity index (χ0v) is 20.9. The van der Waals surface area contributed by atoms with Crippen LogP contribution in [0.15, 0.2) is 35.7 Å². The number of nitrogens with zero attached hydrogens (tertiary/aromatic N) is 1. The van der Waals surface area contributed by atoms with E-state index in [4.69, 9.17) is 5.73 Å². The Morgan fingerprint density at radius 3 is 1.97 bits per heavy atom. The van der Waals surface area contributed by atoms with Crippen LogP contribution in [0.4, 0.5) is 0 Å². The van der Waals surface area contributed by atoms with Crippen molar-refractivity contribution in [1.29, 1.82) is 0 Å². The largest absolute Gasteiger partial charge is 0.508 e. The van der Waals surface area contributed by atoms with E-state index in [1.807, 2.05) is 12.1 Å². The Bertz CT molecular complexity index is 623. The Hall–Kier alpha value is -1.64. The summed E-state index contributed by atoms with van der Waals surface area (Å²) in [4.78, 5) is 2.53. The summed E-state index contributed by atoms with van der Waals surface area (Å²) < 4.78 is 0. The maximum atomic E-state index is 9.42. The van der Waals surface area contributed by atoms with E-state index in [-0.39, 0.29) is 0 Å². The number of rotatable bonds is 18. The van der Waals surface area contributed by atoms with Gasteiger partial charge in [0.25, 0.3) is 0 Å². The van der Waals surface area contributed by atoms with Gasteiger partial charge in [-0.25, -0.2) is 0 Å². The SMILES string of the molecule is CCCCCCCCCCCCCCC/C(N)=C1\CCCN1CCCc1ccc(O)cc1. The van der Waals surface area contributed by atoms with Crippen LogP contribution in [-0.2, 0) is 6.42 Å². The van der Waals surface area contributed by atoms with Gasteiger partial charge in [-0.2, -0.15) is 0 Å². The number of allylic oxidation sites excluding steroid dienone is 2. The average Bonchev–Trinajstić information content (AvgIpc) is 3.27. The van der Waals surface area contributed by atoms with Crippen LogP contribution >= 0.6 is 0 Å². The van der Waals surface area contributed by atoms with Crippen molar-refractivity contribution >= 4 is 0 Å². The molecule has 2 rings (SSSR count). The number of aromatic hydroxyl groups is 1. The third-order valence-corrected chi connectivity index (χ3v) is 6.97. The zero-order valence-electron chi connectivity index (χ0n) is 20.9. The molecular weight excluding hydrogens is 392 g/mol. The second kappa shape index (κ2) is 16.9. The normalized spacial score (nSPS) is 15.5. The minimum atomic E-state index is 0.347. The van der Waals surface area contributed by atoms with Gasteiger partial charge in [0.05, 0.1) is 0 Å². The first kappa shape index (κ1) is 26.6. The molecule has 1 aromatic rings. The number of unbranched alkanes of at least 4 members (excludes halogenated alkanes) is 12. The Balaban J connectivity index is 1.50. The van der Waals surface area contributed by atoms with Gasteiger partial charge in [-0.1, -0.05) is 96.1 Å². The van der Waals surface area contributed by atoms with Gasteiger partial charge >= 0.3 is 0 Å². The number of phenols is 1. The van der Waals surface area contributed by atoms with Gasteiger partial charge in [-0.05, 0) is 56.2 Å². The first-order chi connectivity index (χ1) is 15.7. The van der Waals surface area contributed by atoms with E-state index < -0.39 is 0 Å². The number of phenolic OH excluding ortho intramolecular Hbond substituents is 1. The summed E-state index contributed by atoms with van der Waals surface area (Å²) in [6.45, 7) is 4.54. The molecule has 1 aromatic carbocycles. The van der Waals surface area contributed by atoms with Gasteiger partial charge < -0.3 is 15.7 Å². The van der Waals surface area contributed by atoms with Crippen molar-refractivity contribution < 1.29 is 5.11 Å². The lowest BCUT2D eigenvalue weighted by Crippen LogP contribution is -2.22. The lowest BCUT2D eigenvalue weighted by Gasteiger charge is -2.22. The molecule has 1 heterocycles. The van der Waals surface area contributed by atoms with Crippen LogP contribution in [0.1, 0.15) is 122 Å². The Morgan fingerprint density at radius 1 is 0.812 bits per heavy atom. The van der Waals surface area contributed by atoms with Gasteiger partial charge in [0, 0.05) is 24.5 Å². The highest BCUT2D eigenvalue weighted by molar-refractivity contribution is 5.26. The van der Waals surface area contributed by atoms with Crippen LogP contribution in [-0.4, -0.2) is 23.1 Å². The van der Waals surface area contributed by atoms with Crippen molar-refractivity contribution in [2.45, 2.75) is 122 Å². The molecule has 0 unspecified atom stereocenters. The predicted molar refractivity (Wildman–Crippen MR) is 139 cm³/mol. The van der Waals surface area contributed by atoms with Crippen LogP contribution < -0.4 is 5.73 Å². The maximum absolute atomic E-state index is 9.42. The van der Waals surface area contributed by atoms with Gasteiger partial charge in [-0.15, -0.1) is 0 Å². The van der Waals surface area contributed by atoms with E-state index in [2.05, 4.69) is 11.8 Å². The second-order valence-corrected chi connectivity index (χ2v) is 9.83. The fraction of sp³-hybridized carbons (Fsp3) is 0.724. The molecular formula is C29H50N2O. The fourth-order valence-corrected chi connectivity index (χ4v) is 4.96. The van der Waals surface area contributed by atoms with Gasteiger partial charge in [-0.3, -0.25) is 0 Å². The van der Waals surface area contributed by atoms with Crippen molar-refractivity contribution in [2.75, 3.05) is 13.1 Å². The maximum Gasteiger partial charge on any atom is 0.115 e. The van der Waals surface area contributed by atoms with Crippen molar-refractivity contribution in [1.82, 2.24) is 4.90 Å². The van der Waals surface area contributed by atoms with Crippen LogP contribution in [0, 0.1) is 0 Å². The molecule has 3 nitrogen and oxygen atoms in total. The molecule has 1 saturated heterocycles. The Labute approximate surface area is 198 Å². The van der Waals surface area contributed by atoms with Crippen LogP contribution in [0.2, 0.25) is 0 Å². The van der Waals surface area contributed by atoms with E-state index >= 15 is 0 Å². The highest BCUT2D eigenvalue weighted by Gasteiger charge is 2.19. The summed E-state index contributed by atoms with van der Waals surface area (Å²) in [6, 6.07) is 7.62. The molecule has 0 aliphatic carbocycles. The Morgan fingerprint density at radius 2 is 1.38 bits per heavy atom. The first-order valence-corrected chi connectivity index (χ1v) is 13.7. The number of aryl methyl sites for hydroxylation is 1. The molecule has 32 heavy (non-hydrogen) atoms. The third kappa shape index (κ3) is 11.3. The number of hydrogen-bond acceptors (Lipinski definition) is 3. The molecule has 0 radical (unpaired) electrons. The molecule has 0 amide bonds. The monoisotopic (exact) mass is 442 g/mol. The fourth-order valence-electron chi connectivity index (χ4n) is 4.96. The molecule has 1 aliphatic rings. The van der Waals surface area contributed by atoms with E-state index in [0.29, 0.717) is 5.75 Å². The number of hydrogen-bond donors (Lipinski definition) is 2. The summed E-state index contributed by atoms with van der Waals surface area (Å²) in [7, 11) is 0. The topological polar surface area (TPSA) is 49.5 Å². The summed E-state index contributed by atoms with van der Waals surface area (Å²) in [6.07, 6.45) is 23.8. The van der Waals surface area contributed by atoms with E-state index in [0.717, 1.165) is 44.5 Å². The van der Waals surface area contributed by atoms with E-state index in [9.17, 15) is 5.11 Å². The smallest absolute Gasteiger partial charge is 0.115 e. The van der Waals surface area contributed by atoms with E-state index in [1.165, 1.54) is 101 Å². The van der Waals surface area contributed by atoms with Gasteiger partial charge in [0.15, 0.2) is 0 Å². The van der Waals surface area contributed by atoms with Crippen LogP contribution in [0.5, 0.6) is 5.75 Å². The lowest BCUT2D eigenvalue weighted by atomic mass is 10.0. The number of nitrogens with two attached hydrogens (primary N) is 1. The first-order valence-electron chi connectivity index (χ1n) is 13.7. The van der Waals surface area contributed by atoms with E-state index in [1.54, 1.807) is 12.1 Å². The van der Waals surface area contributed by atoms with Crippen LogP contribution in [0.3, 0.4) is 0 Å². The van der Waals surface area contributed by atoms with Gasteiger partial charge in [0.1, 0.15) is 5.75 Å². The van der Waals surface area contributed by atoms with Gasteiger partial charge in [0.2, 0.25) is 0 Å². The third-order valence-electron chi connectivity index (χ3n) is 6.97. The molecule has 0 saturated carbocycles. The minimum absolute atomic E-state index is 0.347. The Kier molecular flexibility index (Phi) is 14.1. The molecule has 0 bridgehead atoms. The number of benzene rings is 1. The average molecular weight is 443 g/mol. The molecule has 182 valence electrons. The molecule has 0 spiro atoms. The minimum Gasteiger partial charge on any atom is -0.508 e. The second-order valence-electron chi connectivity index (χ2n) is 9.83. The molecule has 1 aliphatic heterocycles. The highest BCUT2D eigenvalue weighted by atomic mass is 16.3.